The van der Waals surface area contributed by atoms with Gasteiger partial charge in [0.25, 0.3) is 0 Å². The largest absolute Gasteiger partial charge is 0.497 e. The molecule has 1 aromatic heterocycles. The van der Waals surface area contributed by atoms with Crippen LogP contribution in [0.4, 0.5) is 0 Å². The molecule has 0 bridgehead atoms. The highest BCUT2D eigenvalue weighted by atomic mass is 16.5. The summed E-state index contributed by atoms with van der Waals surface area (Å²) in [5.41, 5.74) is 6.19. The number of fused-ring (bicyclic) bond motifs is 3. The lowest BCUT2D eigenvalue weighted by Crippen LogP contribution is -2.30. The summed E-state index contributed by atoms with van der Waals surface area (Å²) < 4.78 is 11.4. The van der Waals surface area contributed by atoms with Crippen molar-refractivity contribution in [2.45, 2.75) is 19.1 Å². The summed E-state index contributed by atoms with van der Waals surface area (Å²) in [6, 6.07) is 25.0. The van der Waals surface area contributed by atoms with Gasteiger partial charge in [-0.1, -0.05) is 42.5 Å². The molecular formula is C25H24N2O2. The van der Waals surface area contributed by atoms with E-state index in [1.165, 1.54) is 27.8 Å². The Morgan fingerprint density at radius 3 is 2.52 bits per heavy atom. The molecule has 1 aliphatic heterocycles. The molecule has 1 aliphatic rings. The van der Waals surface area contributed by atoms with Crippen LogP contribution in [0.5, 0.6) is 11.5 Å². The van der Waals surface area contributed by atoms with Gasteiger partial charge in [-0.25, -0.2) is 0 Å². The van der Waals surface area contributed by atoms with Crippen LogP contribution in [0, 0.1) is 0 Å². The Labute approximate surface area is 170 Å². The van der Waals surface area contributed by atoms with Gasteiger partial charge < -0.3 is 19.8 Å². The van der Waals surface area contributed by atoms with E-state index in [1.54, 1.807) is 7.11 Å². The number of benzene rings is 3. The Balaban J connectivity index is 1.39. The Bertz CT molecular complexity index is 1120. The van der Waals surface area contributed by atoms with E-state index in [4.69, 9.17) is 9.47 Å². The third-order valence-electron chi connectivity index (χ3n) is 5.62. The van der Waals surface area contributed by atoms with E-state index >= 15 is 0 Å². The Morgan fingerprint density at radius 2 is 1.72 bits per heavy atom. The number of aromatic amines is 1. The van der Waals surface area contributed by atoms with Crippen molar-refractivity contribution in [3.63, 3.8) is 0 Å². The fraction of sp³-hybridized carbons (Fsp3) is 0.200. The topological polar surface area (TPSA) is 46.3 Å². The molecule has 5 rings (SSSR count). The second kappa shape index (κ2) is 7.64. The van der Waals surface area contributed by atoms with Crippen molar-refractivity contribution < 1.29 is 9.47 Å². The number of H-pyrrole nitrogens is 1. The number of methoxy groups -OCH3 is 1. The minimum absolute atomic E-state index is 0.153. The molecule has 2 heterocycles. The quantitative estimate of drug-likeness (QED) is 0.509. The first-order chi connectivity index (χ1) is 14.3. The van der Waals surface area contributed by atoms with Crippen LogP contribution in [0.3, 0.4) is 0 Å². The molecule has 4 nitrogen and oxygen atoms in total. The molecule has 1 atom stereocenters. The lowest BCUT2D eigenvalue weighted by molar-refractivity contribution is 0.306. The first-order valence-electron chi connectivity index (χ1n) is 10.0. The Hall–Kier alpha value is -3.24. The van der Waals surface area contributed by atoms with Crippen LogP contribution in [0.15, 0.2) is 72.8 Å². The molecule has 2 N–H and O–H groups in total. The van der Waals surface area contributed by atoms with Gasteiger partial charge in [-0.05, 0) is 53.4 Å². The summed E-state index contributed by atoms with van der Waals surface area (Å²) >= 11 is 0. The monoisotopic (exact) mass is 384 g/mol. The lowest BCUT2D eigenvalue weighted by atomic mass is 9.94. The molecule has 3 aromatic carbocycles. The number of rotatable bonds is 5. The van der Waals surface area contributed by atoms with E-state index in [-0.39, 0.29) is 6.04 Å². The van der Waals surface area contributed by atoms with Crippen molar-refractivity contribution in [2.75, 3.05) is 13.7 Å². The van der Waals surface area contributed by atoms with Gasteiger partial charge in [0.15, 0.2) is 0 Å². The number of hydrogen-bond acceptors (Lipinski definition) is 3. The van der Waals surface area contributed by atoms with Crippen molar-refractivity contribution in [2.24, 2.45) is 0 Å². The minimum atomic E-state index is 0.153. The molecule has 0 spiro atoms. The Kier molecular flexibility index (Phi) is 4.70. The summed E-state index contributed by atoms with van der Waals surface area (Å²) in [4.78, 5) is 3.63. The molecule has 29 heavy (non-hydrogen) atoms. The van der Waals surface area contributed by atoms with E-state index < -0.39 is 0 Å². The summed E-state index contributed by atoms with van der Waals surface area (Å²) in [6.07, 6.45) is 1.01. The second-order valence-corrected chi connectivity index (χ2v) is 7.41. The average Bonchev–Trinajstić information content (AvgIpc) is 3.17. The van der Waals surface area contributed by atoms with Gasteiger partial charge in [0.1, 0.15) is 18.1 Å². The highest BCUT2D eigenvalue weighted by Gasteiger charge is 2.25. The van der Waals surface area contributed by atoms with Gasteiger partial charge in [-0.3, -0.25) is 0 Å². The van der Waals surface area contributed by atoms with Crippen LogP contribution in [-0.2, 0) is 13.0 Å². The number of aromatic nitrogens is 1. The van der Waals surface area contributed by atoms with Gasteiger partial charge in [-0.2, -0.15) is 0 Å². The van der Waals surface area contributed by atoms with E-state index in [9.17, 15) is 0 Å². The maximum absolute atomic E-state index is 5.94. The molecule has 146 valence electrons. The van der Waals surface area contributed by atoms with Crippen LogP contribution in [0.1, 0.15) is 28.4 Å². The lowest BCUT2D eigenvalue weighted by Gasteiger charge is -2.25. The maximum atomic E-state index is 5.94. The highest BCUT2D eigenvalue weighted by Crippen LogP contribution is 2.35. The molecular weight excluding hydrogens is 360 g/mol. The maximum Gasteiger partial charge on any atom is 0.119 e. The van der Waals surface area contributed by atoms with E-state index in [2.05, 4.69) is 58.8 Å². The predicted octanol–water partition coefficient (Wildman–Crippen LogP) is 4.99. The fourth-order valence-electron chi connectivity index (χ4n) is 4.12. The van der Waals surface area contributed by atoms with Gasteiger partial charge in [-0.15, -0.1) is 0 Å². The zero-order valence-electron chi connectivity index (χ0n) is 16.4. The van der Waals surface area contributed by atoms with E-state index in [0.29, 0.717) is 6.61 Å². The van der Waals surface area contributed by atoms with Crippen LogP contribution in [-0.4, -0.2) is 18.6 Å². The van der Waals surface area contributed by atoms with Gasteiger partial charge >= 0.3 is 0 Å². The number of ether oxygens (including phenoxy) is 2. The summed E-state index contributed by atoms with van der Waals surface area (Å²) in [7, 11) is 1.71. The SMILES string of the molecule is COc1ccc2[nH]c3c(c2c1)CCNC3c1ccc(OCc2ccccc2)cc1. The van der Waals surface area contributed by atoms with Crippen LogP contribution >= 0.6 is 0 Å². The third kappa shape index (κ3) is 3.47. The molecule has 0 radical (unpaired) electrons. The first-order valence-corrected chi connectivity index (χ1v) is 10.0. The molecule has 0 fully saturated rings. The fourth-order valence-corrected chi connectivity index (χ4v) is 4.12. The smallest absolute Gasteiger partial charge is 0.119 e. The second-order valence-electron chi connectivity index (χ2n) is 7.41. The van der Waals surface area contributed by atoms with Crippen molar-refractivity contribution in [1.29, 1.82) is 0 Å². The Morgan fingerprint density at radius 1 is 0.931 bits per heavy atom. The van der Waals surface area contributed by atoms with Gasteiger partial charge in [0.05, 0.1) is 13.2 Å². The van der Waals surface area contributed by atoms with Crippen LogP contribution < -0.4 is 14.8 Å². The minimum Gasteiger partial charge on any atom is -0.497 e. The van der Waals surface area contributed by atoms with Crippen molar-refractivity contribution in [3.05, 3.63) is 95.2 Å². The molecule has 0 saturated carbocycles. The van der Waals surface area contributed by atoms with Crippen molar-refractivity contribution in [3.8, 4) is 11.5 Å². The normalized spacial score (nSPS) is 15.8. The standard InChI is InChI=1S/C25H24N2O2/c1-28-20-11-12-23-22(15-20)21-13-14-26-24(25(21)27-23)18-7-9-19(10-8-18)29-16-17-5-3-2-4-6-17/h2-12,15,24,26-27H,13-14,16H2,1H3. The number of hydrogen-bond donors (Lipinski definition) is 2. The molecule has 0 aliphatic carbocycles. The summed E-state index contributed by atoms with van der Waals surface area (Å²) in [5.74, 6) is 1.78. The van der Waals surface area contributed by atoms with Crippen molar-refractivity contribution >= 4 is 10.9 Å². The van der Waals surface area contributed by atoms with E-state index in [1.807, 2.05) is 24.3 Å². The molecule has 1 unspecified atom stereocenters. The zero-order chi connectivity index (χ0) is 19.6. The van der Waals surface area contributed by atoms with Crippen LogP contribution in [0.25, 0.3) is 10.9 Å². The highest BCUT2D eigenvalue weighted by molar-refractivity contribution is 5.86. The first kappa shape index (κ1) is 17.8. The zero-order valence-corrected chi connectivity index (χ0v) is 16.4. The number of nitrogens with one attached hydrogen (secondary N) is 2. The predicted molar refractivity (Wildman–Crippen MR) is 116 cm³/mol. The molecule has 0 saturated heterocycles. The molecule has 0 amide bonds. The van der Waals surface area contributed by atoms with Crippen LogP contribution in [0.2, 0.25) is 0 Å². The van der Waals surface area contributed by atoms with Crippen molar-refractivity contribution in [1.82, 2.24) is 10.3 Å². The average molecular weight is 384 g/mol. The van der Waals surface area contributed by atoms with Gasteiger partial charge in [0, 0.05) is 23.1 Å². The van der Waals surface area contributed by atoms with Gasteiger partial charge in [0.2, 0.25) is 0 Å². The molecule has 4 aromatic rings. The summed E-state index contributed by atoms with van der Waals surface area (Å²) in [5, 5.41) is 4.91. The molecule has 4 heteroatoms. The van der Waals surface area contributed by atoms with E-state index in [0.717, 1.165) is 30.0 Å². The summed E-state index contributed by atoms with van der Waals surface area (Å²) in [6.45, 7) is 1.53. The third-order valence-corrected chi connectivity index (χ3v) is 5.62.